The molecule has 1 N–H and O–H groups in total. The summed E-state index contributed by atoms with van der Waals surface area (Å²) < 4.78 is 10.9. The molecule has 0 bridgehead atoms. The van der Waals surface area contributed by atoms with Gasteiger partial charge in [0.25, 0.3) is 0 Å². The summed E-state index contributed by atoms with van der Waals surface area (Å²) in [4.78, 5) is 6.88. The first kappa shape index (κ1) is 33.6. The number of pyridine rings is 1. The van der Waals surface area contributed by atoms with E-state index >= 15 is 0 Å². The molecule has 0 aliphatic rings. The van der Waals surface area contributed by atoms with E-state index in [0.29, 0.717) is 17.3 Å². The van der Waals surface area contributed by atoms with E-state index in [9.17, 15) is 0 Å². The molecule has 0 amide bonds. The molecule has 7 heteroatoms. The van der Waals surface area contributed by atoms with Crippen molar-refractivity contribution in [2.45, 2.75) is 46.5 Å². The topological polar surface area (TPSA) is 42.3 Å². The number of nitrogens with zero attached hydrogens (tertiary/aromatic N) is 3. The minimum absolute atomic E-state index is 0.384. The molecule has 50 heavy (non-hydrogen) atoms. The Morgan fingerprint density at radius 2 is 1.48 bits per heavy atom. The average Bonchev–Trinajstić information content (AvgIpc) is 3.42. The Hall–Kier alpha value is -4.93. The van der Waals surface area contributed by atoms with Gasteiger partial charge in [0.2, 0.25) is 0 Å². The normalized spacial score (nSPS) is 11.5. The van der Waals surface area contributed by atoms with Gasteiger partial charge >= 0.3 is 270 Å². The number of rotatable bonds is 10. The summed E-state index contributed by atoms with van der Waals surface area (Å²) in [6.45, 7) is 11.1. The van der Waals surface area contributed by atoms with Gasteiger partial charge in [-0.1, -0.05) is 23.7 Å². The molecule has 2 aromatic heterocycles. The van der Waals surface area contributed by atoms with Gasteiger partial charge in [0.15, 0.2) is 0 Å². The number of hydrogen-bond donors (Lipinski definition) is 1. The molecule has 5 aromatic carbocycles. The number of anilines is 4. The van der Waals surface area contributed by atoms with Crippen LogP contribution in [0.4, 0.5) is 22.7 Å². The first-order chi connectivity index (χ1) is 24.2. The van der Waals surface area contributed by atoms with Crippen LogP contribution >= 0.6 is 0 Å². The second-order valence-electron chi connectivity index (χ2n) is 13.3. The SMILES string of the molecule is [B]c1ccnc(-n2c3ccccc3c3ccc(Oc4cc(C)cc(N([CH]=[Pt])c5ccccc5Nc5c(C(C)C)cccc5C(C)C)c4)cc32)c1. The van der Waals surface area contributed by atoms with Crippen LogP contribution in [-0.4, -0.2) is 21.9 Å². The summed E-state index contributed by atoms with van der Waals surface area (Å²) in [5.41, 5.74) is 10.7. The number of fused-ring (bicyclic) bond motifs is 3. The molecule has 0 saturated carbocycles. The number of aryl methyl sites for hydroxylation is 1. The van der Waals surface area contributed by atoms with Crippen molar-refractivity contribution in [2.75, 3.05) is 10.2 Å². The summed E-state index contributed by atoms with van der Waals surface area (Å²) >= 11 is 2.31. The zero-order chi connectivity index (χ0) is 34.9. The van der Waals surface area contributed by atoms with Crippen molar-refractivity contribution in [3.8, 4) is 17.3 Å². The zero-order valence-electron chi connectivity index (χ0n) is 28.9. The van der Waals surface area contributed by atoms with Crippen molar-refractivity contribution in [1.82, 2.24) is 9.55 Å². The summed E-state index contributed by atoms with van der Waals surface area (Å²) in [6, 6.07) is 39.8. The molecule has 0 aliphatic carbocycles. The number of hydrogen-bond acceptors (Lipinski definition) is 4. The van der Waals surface area contributed by atoms with Crippen LogP contribution < -0.4 is 20.4 Å². The average molecular weight is 834 g/mol. The van der Waals surface area contributed by atoms with Gasteiger partial charge in [0.05, 0.1) is 0 Å². The molecule has 2 heterocycles. The molecule has 5 nitrogen and oxygen atoms in total. The van der Waals surface area contributed by atoms with Crippen LogP contribution in [0.25, 0.3) is 27.6 Å². The fourth-order valence-corrected chi connectivity index (χ4v) is 7.38. The molecule has 7 aromatic rings. The maximum absolute atomic E-state index is 6.64. The number of ether oxygens (including phenoxy) is 1. The Morgan fingerprint density at radius 3 is 2.22 bits per heavy atom. The third-order valence-corrected chi connectivity index (χ3v) is 9.66. The summed E-state index contributed by atoms with van der Waals surface area (Å²) in [7, 11) is 6.19. The molecule has 250 valence electrons. The van der Waals surface area contributed by atoms with Gasteiger partial charge in [-0.3, -0.25) is 0 Å². The molecule has 2 radical (unpaired) electrons. The Kier molecular flexibility index (Phi) is 9.49. The van der Waals surface area contributed by atoms with Gasteiger partial charge in [-0.25, -0.2) is 0 Å². The summed E-state index contributed by atoms with van der Waals surface area (Å²) in [5.74, 6) is 3.03. The Labute approximate surface area is 306 Å². The molecular formula is C43H39BN4OPt. The Bertz CT molecular complexity index is 2340. The van der Waals surface area contributed by atoms with Gasteiger partial charge in [-0.05, 0) is 0 Å². The molecule has 7 rings (SSSR count). The van der Waals surface area contributed by atoms with Crippen molar-refractivity contribution in [2.24, 2.45) is 0 Å². The van der Waals surface area contributed by atoms with Crippen LogP contribution in [0.2, 0.25) is 0 Å². The van der Waals surface area contributed by atoms with Gasteiger partial charge in [0.1, 0.15) is 7.85 Å². The van der Waals surface area contributed by atoms with E-state index in [1.54, 1.807) is 12.3 Å². The van der Waals surface area contributed by atoms with Crippen LogP contribution in [0.5, 0.6) is 11.5 Å². The van der Waals surface area contributed by atoms with Crippen LogP contribution in [0, 0.1) is 6.92 Å². The molecule has 0 atom stereocenters. The Morgan fingerprint density at radius 1 is 0.760 bits per heavy atom. The molecular weight excluding hydrogens is 794 g/mol. The van der Waals surface area contributed by atoms with Crippen molar-refractivity contribution in [3.05, 3.63) is 138 Å². The number of aromatic nitrogens is 2. The van der Waals surface area contributed by atoms with E-state index in [0.717, 1.165) is 61.7 Å². The third-order valence-electron chi connectivity index (χ3n) is 9.07. The minimum atomic E-state index is 0.384. The number of benzene rings is 5. The first-order valence-corrected chi connectivity index (χ1v) is 18.3. The van der Waals surface area contributed by atoms with E-state index in [1.807, 2.05) is 18.2 Å². The van der Waals surface area contributed by atoms with Crippen LogP contribution in [-0.2, 0) is 19.4 Å². The van der Waals surface area contributed by atoms with E-state index in [4.69, 9.17) is 12.6 Å². The fourth-order valence-electron chi connectivity index (χ4n) is 6.73. The number of para-hydroxylation sites is 4. The Balaban J connectivity index is 1.27. The molecule has 0 fully saturated rings. The standard InChI is InChI=1S/C43H39BN4O.Pt/c1-27(2)34-13-11-14-35(28(3)4)43(34)46-38-15-8-10-17-40(38)47(6)31-22-29(5)23-33(25-31)49-32-18-19-37-36-12-7-9-16-39(36)48(41(37)26-32)42-24-30(44)20-21-45-42;/h6-28,46H,1-5H3;. The van der Waals surface area contributed by atoms with E-state index < -0.39 is 0 Å². The number of nitrogens with one attached hydrogen (secondary N) is 1. The van der Waals surface area contributed by atoms with E-state index in [1.165, 1.54) is 16.8 Å². The van der Waals surface area contributed by atoms with Crippen molar-refractivity contribution < 1.29 is 24.1 Å². The fraction of sp³-hybridized carbons (Fsp3) is 0.163. The van der Waals surface area contributed by atoms with Crippen LogP contribution in [0.3, 0.4) is 0 Å². The summed E-state index contributed by atoms with van der Waals surface area (Å²) in [6.07, 6.45) is 1.75. The quantitative estimate of drug-likeness (QED) is 0.139. The monoisotopic (exact) mass is 833 g/mol. The third kappa shape index (κ3) is 6.53. The zero-order valence-corrected chi connectivity index (χ0v) is 31.2. The summed E-state index contributed by atoms with van der Waals surface area (Å²) in [5, 5.41) is 6.13. The molecule has 0 saturated heterocycles. The van der Waals surface area contributed by atoms with E-state index in [-0.39, 0.29) is 0 Å². The predicted molar refractivity (Wildman–Crippen MR) is 208 cm³/mol. The van der Waals surface area contributed by atoms with Gasteiger partial charge in [-0.2, -0.15) is 0 Å². The van der Waals surface area contributed by atoms with Crippen molar-refractivity contribution in [1.29, 1.82) is 0 Å². The van der Waals surface area contributed by atoms with Crippen LogP contribution in [0.15, 0.2) is 121 Å². The molecule has 0 aliphatic heterocycles. The molecule has 0 unspecified atom stereocenters. The van der Waals surface area contributed by atoms with Crippen molar-refractivity contribution >= 4 is 62.4 Å². The van der Waals surface area contributed by atoms with Gasteiger partial charge < -0.3 is 0 Å². The second kappa shape index (κ2) is 14.1. The van der Waals surface area contributed by atoms with Gasteiger partial charge in [0, 0.05) is 6.20 Å². The maximum atomic E-state index is 6.64. The molecule has 0 spiro atoms. The second-order valence-corrected chi connectivity index (χ2v) is 13.9. The van der Waals surface area contributed by atoms with E-state index in [2.05, 4.69) is 169 Å². The van der Waals surface area contributed by atoms with Gasteiger partial charge in [-0.15, -0.1) is 0 Å². The van der Waals surface area contributed by atoms with Crippen LogP contribution in [0.1, 0.15) is 56.2 Å². The first-order valence-electron chi connectivity index (χ1n) is 16.9. The predicted octanol–water partition coefficient (Wildman–Crippen LogP) is 10.5. The van der Waals surface area contributed by atoms with Crippen molar-refractivity contribution in [3.63, 3.8) is 0 Å².